The van der Waals surface area contributed by atoms with Gasteiger partial charge in [0.15, 0.2) is 12.4 Å². The highest BCUT2D eigenvalue weighted by molar-refractivity contribution is 7.80. The fourth-order valence-electron chi connectivity index (χ4n) is 2.78. The number of hydrogen-bond acceptors (Lipinski definition) is 6. The molecule has 0 radical (unpaired) electrons. The van der Waals surface area contributed by atoms with Crippen LogP contribution in [0.5, 0.6) is 0 Å². The zero-order valence-corrected chi connectivity index (χ0v) is 13.2. The first kappa shape index (κ1) is 14.6. The normalized spacial score (nSPS) is 12.5. The summed E-state index contributed by atoms with van der Waals surface area (Å²) in [4.78, 5) is 3.99. The van der Waals surface area contributed by atoms with Crippen LogP contribution < -0.4 is 5.73 Å². The molecule has 24 heavy (non-hydrogen) atoms. The van der Waals surface area contributed by atoms with Crippen LogP contribution in [0.4, 0.5) is 21.7 Å². The van der Waals surface area contributed by atoms with Crippen molar-refractivity contribution in [3.8, 4) is 17.2 Å². The lowest BCUT2D eigenvalue weighted by atomic mass is 10.0. The number of thiol groups is 1. The minimum Gasteiger partial charge on any atom is -0.367 e. The van der Waals surface area contributed by atoms with Crippen LogP contribution in [0.3, 0.4) is 0 Å². The van der Waals surface area contributed by atoms with Gasteiger partial charge in [-0.2, -0.15) is 10.2 Å². The molecule has 3 aromatic rings. The van der Waals surface area contributed by atoms with Gasteiger partial charge in [-0.25, -0.2) is 8.91 Å². The number of nitrogen functional groups attached to an aromatic ring is 1. The maximum absolute atomic E-state index is 12.6. The zero-order chi connectivity index (χ0) is 16.8. The highest BCUT2D eigenvalue weighted by Gasteiger charge is 2.29. The number of aromatic nitrogens is 3. The third-order valence-corrected chi connectivity index (χ3v) is 4.12. The summed E-state index contributed by atoms with van der Waals surface area (Å²) in [5, 5.41) is 18.2. The molecule has 1 aromatic carbocycles. The van der Waals surface area contributed by atoms with E-state index in [0.717, 1.165) is 22.5 Å². The Bertz CT molecular complexity index is 1060. The molecule has 0 fully saturated rings. The molecule has 2 aromatic heterocycles. The molecule has 2 N–H and O–H groups in total. The molecule has 118 valence electrons. The number of fused-ring (bicyclic) bond motifs is 2. The summed E-state index contributed by atoms with van der Waals surface area (Å²) in [5.41, 5.74) is 9.60. The first-order valence-electron chi connectivity index (χ1n) is 7.10. The van der Waals surface area contributed by atoms with Gasteiger partial charge >= 0.3 is 0 Å². The Hall–Kier alpha value is -2.99. The molecule has 3 heterocycles. The zero-order valence-electron chi connectivity index (χ0n) is 12.3. The van der Waals surface area contributed by atoms with Crippen LogP contribution in [0.25, 0.3) is 16.6 Å². The quantitative estimate of drug-likeness (QED) is 0.566. The van der Waals surface area contributed by atoms with Gasteiger partial charge in [0.25, 0.3) is 5.69 Å². The molecule has 1 aliphatic rings. The molecule has 0 atom stereocenters. The molecule has 0 aliphatic carbocycles. The van der Waals surface area contributed by atoms with Crippen molar-refractivity contribution in [2.45, 2.75) is 5.03 Å². The van der Waals surface area contributed by atoms with Gasteiger partial charge in [0.1, 0.15) is 11.6 Å². The van der Waals surface area contributed by atoms with Crippen LogP contribution in [0.15, 0.2) is 34.4 Å². The predicted molar refractivity (Wildman–Crippen MR) is 87.7 cm³/mol. The molecule has 0 amide bonds. The number of nitrogens with zero attached hydrogens (tertiary/aromatic N) is 6. The van der Waals surface area contributed by atoms with Gasteiger partial charge in [0, 0.05) is 16.7 Å². The van der Waals surface area contributed by atoms with E-state index in [1.807, 2.05) is 24.3 Å². The highest BCUT2D eigenvalue weighted by Crippen LogP contribution is 2.41. The monoisotopic (exact) mass is 340 g/mol. The number of alkyl halides is 1. The van der Waals surface area contributed by atoms with E-state index in [4.69, 9.17) is 5.73 Å². The van der Waals surface area contributed by atoms with Crippen molar-refractivity contribution in [3.05, 3.63) is 30.0 Å². The third kappa shape index (κ3) is 2.04. The van der Waals surface area contributed by atoms with Gasteiger partial charge < -0.3 is 5.73 Å². The van der Waals surface area contributed by atoms with Crippen LogP contribution in [0.2, 0.25) is 0 Å². The van der Waals surface area contributed by atoms with E-state index in [-0.39, 0.29) is 18.2 Å². The lowest BCUT2D eigenvalue weighted by Crippen LogP contribution is -2.12. The second-order valence-corrected chi connectivity index (χ2v) is 5.68. The van der Waals surface area contributed by atoms with E-state index in [1.165, 1.54) is 4.52 Å². The Morgan fingerprint density at radius 3 is 2.96 bits per heavy atom. The average molecular weight is 340 g/mol. The van der Waals surface area contributed by atoms with Gasteiger partial charge in [-0.05, 0) is 17.7 Å². The summed E-state index contributed by atoms with van der Waals surface area (Å²) >= 11 is 4.40. The number of anilines is 1. The minimum atomic E-state index is -0.477. The molecular weight excluding hydrogens is 329 g/mol. The van der Waals surface area contributed by atoms with Crippen molar-refractivity contribution in [3.63, 3.8) is 0 Å². The third-order valence-electron chi connectivity index (χ3n) is 3.81. The van der Waals surface area contributed by atoms with E-state index in [2.05, 4.69) is 27.8 Å². The molecule has 4 rings (SSSR count). The van der Waals surface area contributed by atoms with Crippen molar-refractivity contribution in [1.82, 2.24) is 14.6 Å². The predicted octanol–water partition coefficient (Wildman–Crippen LogP) is 2.85. The van der Waals surface area contributed by atoms with Crippen LogP contribution in [0.1, 0.15) is 5.69 Å². The molecule has 9 heteroatoms. The lowest BCUT2D eigenvalue weighted by Gasteiger charge is -2.10. The fourth-order valence-corrected chi connectivity index (χ4v) is 3.05. The van der Waals surface area contributed by atoms with Crippen LogP contribution >= 0.6 is 12.6 Å². The smallest absolute Gasteiger partial charge is 0.264 e. The Morgan fingerprint density at radius 1 is 1.38 bits per heavy atom. The molecule has 0 bridgehead atoms. The number of halogens is 1. The molecule has 0 saturated heterocycles. The SMILES string of the molecule is N#Cc1nc(N)nn2c(S)cc(-c3ccc4c(c3)[N+](CCF)=N4)c12. The number of nitriles is 1. The summed E-state index contributed by atoms with van der Waals surface area (Å²) in [6, 6.07) is 9.47. The van der Waals surface area contributed by atoms with Gasteiger partial charge in [-0.3, -0.25) is 0 Å². The second kappa shape index (κ2) is 5.28. The number of hydrogen-bond donors (Lipinski definition) is 2. The van der Waals surface area contributed by atoms with Crippen LogP contribution in [0, 0.1) is 11.3 Å². The molecule has 7 nitrogen and oxygen atoms in total. The Labute approximate surface area is 141 Å². The topological polar surface area (TPSA) is 95.4 Å². The van der Waals surface area contributed by atoms with Crippen molar-refractivity contribution in [2.24, 2.45) is 5.11 Å². The van der Waals surface area contributed by atoms with E-state index in [9.17, 15) is 9.65 Å². The number of rotatable bonds is 3. The van der Waals surface area contributed by atoms with Crippen molar-refractivity contribution in [1.29, 1.82) is 5.26 Å². The van der Waals surface area contributed by atoms with Gasteiger partial charge in [-0.1, -0.05) is 10.8 Å². The largest absolute Gasteiger partial charge is 0.367 e. The van der Waals surface area contributed by atoms with E-state index in [0.29, 0.717) is 10.5 Å². The molecule has 0 saturated carbocycles. The molecule has 0 unspecified atom stereocenters. The Kier molecular flexibility index (Phi) is 3.21. The van der Waals surface area contributed by atoms with Crippen LogP contribution in [-0.2, 0) is 0 Å². The van der Waals surface area contributed by atoms with Crippen molar-refractivity contribution >= 4 is 35.5 Å². The maximum atomic E-state index is 12.6. The summed E-state index contributed by atoms with van der Waals surface area (Å²) in [6.07, 6.45) is 0. The van der Waals surface area contributed by atoms with Crippen molar-refractivity contribution in [2.75, 3.05) is 19.0 Å². The summed E-state index contributed by atoms with van der Waals surface area (Å²) in [6.45, 7) is -0.261. The Balaban J connectivity index is 1.92. The Morgan fingerprint density at radius 2 is 2.21 bits per heavy atom. The fraction of sp³-hybridized carbons (Fsp3) is 0.133. The van der Waals surface area contributed by atoms with E-state index < -0.39 is 6.67 Å². The number of nitrogens with two attached hydrogens (primary N) is 1. The molecular formula is C15H11FN7S+. The lowest BCUT2D eigenvalue weighted by molar-refractivity contribution is -0.525. The average Bonchev–Trinajstić information content (AvgIpc) is 2.89. The minimum absolute atomic E-state index is 0.00146. The molecule has 0 spiro atoms. The summed E-state index contributed by atoms with van der Waals surface area (Å²) in [5.74, 6) is 0.00146. The second-order valence-electron chi connectivity index (χ2n) is 5.22. The summed E-state index contributed by atoms with van der Waals surface area (Å²) in [7, 11) is 0. The number of azo groups is 2. The van der Waals surface area contributed by atoms with Gasteiger partial charge in [0.05, 0.1) is 5.03 Å². The van der Waals surface area contributed by atoms with E-state index >= 15 is 0 Å². The molecule has 1 aliphatic heterocycles. The van der Waals surface area contributed by atoms with Crippen LogP contribution in [-0.4, -0.2) is 32.5 Å². The van der Waals surface area contributed by atoms with Crippen molar-refractivity contribution < 1.29 is 9.09 Å². The van der Waals surface area contributed by atoms with Gasteiger partial charge in [0.2, 0.25) is 18.2 Å². The standard InChI is InChI=1S/C15H10FN7S/c16-3-4-22-12-5-8(1-2-10(12)20-22)9-6-13(24)23-14(9)11(7-17)19-15(18)21-23/h1-2,5-6H,3-4H2,(H2-,18,19,20,21,24)/p+1. The number of benzene rings is 1. The first-order chi connectivity index (χ1) is 11.6. The van der Waals surface area contributed by atoms with Gasteiger partial charge in [-0.15, -0.1) is 17.7 Å². The first-order valence-corrected chi connectivity index (χ1v) is 7.55. The van der Waals surface area contributed by atoms with E-state index in [1.54, 1.807) is 10.8 Å². The highest BCUT2D eigenvalue weighted by atomic mass is 32.1. The maximum Gasteiger partial charge on any atom is 0.264 e. The summed E-state index contributed by atoms with van der Waals surface area (Å²) < 4.78 is 15.6.